The van der Waals surface area contributed by atoms with E-state index >= 15 is 0 Å². The summed E-state index contributed by atoms with van der Waals surface area (Å²) in [5.74, 6) is 0.424. The molecule has 104 valence electrons. The van der Waals surface area contributed by atoms with Gasteiger partial charge in [-0.05, 0) is 24.6 Å². The highest BCUT2D eigenvalue weighted by Crippen LogP contribution is 2.21. The quantitative estimate of drug-likeness (QED) is 0.730. The normalized spacial score (nSPS) is 12.2. The van der Waals surface area contributed by atoms with Crippen molar-refractivity contribution in [2.45, 2.75) is 32.9 Å². The lowest BCUT2D eigenvalue weighted by molar-refractivity contribution is -0.121. The summed E-state index contributed by atoms with van der Waals surface area (Å²) >= 11 is 0. The van der Waals surface area contributed by atoms with Crippen molar-refractivity contribution in [3.8, 4) is 6.07 Å². The minimum absolute atomic E-state index is 0.0667. The second-order valence-corrected chi connectivity index (χ2v) is 4.89. The number of carbonyl (C=O) groups is 1. The molecule has 5 nitrogen and oxygen atoms in total. The van der Waals surface area contributed by atoms with Crippen molar-refractivity contribution >= 4 is 5.91 Å². The standard InChI is InChI=1S/C14H22N4O/c1-11(2)14(16-3)12-5-8-18(9-12)10-13(19)17-7-4-6-15/h5,8-9,11,14,16H,4,7,10H2,1-3H3,(H,17,19). The molecule has 1 unspecified atom stereocenters. The Bertz CT molecular complexity index is 445. The molecule has 1 atom stereocenters. The molecule has 1 amide bonds. The predicted molar refractivity (Wildman–Crippen MR) is 74.3 cm³/mol. The van der Waals surface area contributed by atoms with Crippen LogP contribution in [0.1, 0.15) is 31.9 Å². The number of hydrogen-bond donors (Lipinski definition) is 2. The zero-order chi connectivity index (χ0) is 14.3. The van der Waals surface area contributed by atoms with E-state index in [9.17, 15) is 4.79 Å². The van der Waals surface area contributed by atoms with Gasteiger partial charge in [0.1, 0.15) is 6.54 Å². The summed E-state index contributed by atoms with van der Waals surface area (Å²) in [6.45, 7) is 5.02. The van der Waals surface area contributed by atoms with E-state index < -0.39 is 0 Å². The molecule has 1 rings (SSSR count). The third-order valence-electron chi connectivity index (χ3n) is 3.00. The van der Waals surface area contributed by atoms with Crippen LogP contribution < -0.4 is 10.6 Å². The maximum atomic E-state index is 11.6. The summed E-state index contributed by atoms with van der Waals surface area (Å²) < 4.78 is 1.86. The average molecular weight is 262 g/mol. The first kappa shape index (κ1) is 15.3. The van der Waals surface area contributed by atoms with Gasteiger partial charge in [-0.3, -0.25) is 4.79 Å². The number of nitriles is 1. The number of aromatic nitrogens is 1. The van der Waals surface area contributed by atoms with E-state index in [4.69, 9.17) is 5.26 Å². The minimum atomic E-state index is -0.0667. The molecule has 5 heteroatoms. The summed E-state index contributed by atoms with van der Waals surface area (Å²) in [6.07, 6.45) is 4.24. The number of nitrogens with one attached hydrogen (secondary N) is 2. The molecule has 1 aromatic heterocycles. The third kappa shape index (κ3) is 4.76. The van der Waals surface area contributed by atoms with Crippen molar-refractivity contribution in [1.82, 2.24) is 15.2 Å². The van der Waals surface area contributed by atoms with Crippen LogP contribution in [0.3, 0.4) is 0 Å². The molecule has 0 aliphatic carbocycles. The molecule has 0 saturated heterocycles. The largest absolute Gasteiger partial charge is 0.354 e. The molecular weight excluding hydrogens is 240 g/mol. The third-order valence-corrected chi connectivity index (χ3v) is 3.00. The molecular formula is C14H22N4O. The number of rotatable bonds is 7. The Morgan fingerprint density at radius 3 is 2.84 bits per heavy atom. The Kier molecular flexibility index (Phi) is 6.10. The van der Waals surface area contributed by atoms with Crippen molar-refractivity contribution in [1.29, 1.82) is 5.26 Å². The van der Waals surface area contributed by atoms with E-state index in [0.717, 1.165) is 0 Å². The Hall–Kier alpha value is -1.80. The van der Waals surface area contributed by atoms with Crippen LogP contribution in [0.25, 0.3) is 0 Å². The van der Waals surface area contributed by atoms with Gasteiger partial charge in [0.2, 0.25) is 5.91 Å². The fourth-order valence-corrected chi connectivity index (χ4v) is 2.11. The van der Waals surface area contributed by atoms with Gasteiger partial charge in [0.25, 0.3) is 0 Å². The van der Waals surface area contributed by atoms with Gasteiger partial charge in [-0.25, -0.2) is 0 Å². The lowest BCUT2D eigenvalue weighted by Crippen LogP contribution is -2.28. The van der Waals surface area contributed by atoms with E-state index in [-0.39, 0.29) is 5.91 Å². The lowest BCUT2D eigenvalue weighted by atomic mass is 9.99. The molecule has 0 bridgehead atoms. The van der Waals surface area contributed by atoms with E-state index in [1.807, 2.05) is 36.1 Å². The molecule has 0 aliphatic rings. The fourth-order valence-electron chi connectivity index (χ4n) is 2.11. The zero-order valence-corrected chi connectivity index (χ0v) is 11.8. The summed E-state index contributed by atoms with van der Waals surface area (Å²) in [5.41, 5.74) is 1.18. The number of carbonyl (C=O) groups excluding carboxylic acids is 1. The van der Waals surface area contributed by atoms with Gasteiger partial charge in [-0.1, -0.05) is 13.8 Å². The summed E-state index contributed by atoms with van der Waals surface area (Å²) in [4.78, 5) is 11.6. The molecule has 0 aromatic carbocycles. The number of nitrogens with zero attached hydrogens (tertiary/aromatic N) is 2. The maximum Gasteiger partial charge on any atom is 0.239 e. The Morgan fingerprint density at radius 2 is 2.26 bits per heavy atom. The van der Waals surface area contributed by atoms with Crippen LogP contribution in [0.15, 0.2) is 18.5 Å². The lowest BCUT2D eigenvalue weighted by Gasteiger charge is -2.18. The van der Waals surface area contributed by atoms with Gasteiger partial charge in [-0.2, -0.15) is 5.26 Å². The highest BCUT2D eigenvalue weighted by atomic mass is 16.1. The Labute approximate surface area is 114 Å². The molecule has 19 heavy (non-hydrogen) atoms. The SMILES string of the molecule is CNC(c1ccn(CC(=O)NCCC#N)c1)C(C)C. The highest BCUT2D eigenvalue weighted by molar-refractivity contribution is 5.75. The fraction of sp³-hybridized carbons (Fsp3) is 0.571. The number of hydrogen-bond acceptors (Lipinski definition) is 3. The molecule has 0 aliphatic heterocycles. The first-order chi connectivity index (χ1) is 9.08. The minimum Gasteiger partial charge on any atom is -0.354 e. The van der Waals surface area contributed by atoms with Crippen molar-refractivity contribution in [3.05, 3.63) is 24.0 Å². The van der Waals surface area contributed by atoms with E-state index in [2.05, 4.69) is 24.5 Å². The van der Waals surface area contributed by atoms with Crippen LogP contribution >= 0.6 is 0 Å². The van der Waals surface area contributed by atoms with Gasteiger partial charge >= 0.3 is 0 Å². The van der Waals surface area contributed by atoms with Gasteiger partial charge in [0.05, 0.1) is 12.5 Å². The van der Waals surface area contributed by atoms with Crippen LogP contribution in [0.2, 0.25) is 0 Å². The first-order valence-corrected chi connectivity index (χ1v) is 6.55. The second-order valence-electron chi connectivity index (χ2n) is 4.89. The average Bonchev–Trinajstić information content (AvgIpc) is 2.78. The number of amides is 1. The first-order valence-electron chi connectivity index (χ1n) is 6.55. The van der Waals surface area contributed by atoms with Crippen molar-refractivity contribution in [3.63, 3.8) is 0 Å². The van der Waals surface area contributed by atoms with E-state index in [0.29, 0.717) is 31.5 Å². The molecule has 0 spiro atoms. The summed E-state index contributed by atoms with van der Waals surface area (Å²) in [7, 11) is 1.94. The van der Waals surface area contributed by atoms with Crippen molar-refractivity contribution < 1.29 is 4.79 Å². The predicted octanol–water partition coefficient (Wildman–Crippen LogP) is 1.43. The summed E-state index contributed by atoms with van der Waals surface area (Å²) in [5, 5.41) is 14.4. The monoisotopic (exact) mass is 262 g/mol. The van der Waals surface area contributed by atoms with Crippen LogP contribution in [-0.2, 0) is 11.3 Å². The smallest absolute Gasteiger partial charge is 0.239 e. The van der Waals surface area contributed by atoms with E-state index in [1.165, 1.54) is 5.56 Å². The Morgan fingerprint density at radius 1 is 1.53 bits per heavy atom. The zero-order valence-electron chi connectivity index (χ0n) is 11.8. The molecule has 2 N–H and O–H groups in total. The van der Waals surface area contributed by atoms with Gasteiger partial charge < -0.3 is 15.2 Å². The topological polar surface area (TPSA) is 69.8 Å². The molecule has 0 saturated carbocycles. The molecule has 1 aromatic rings. The van der Waals surface area contributed by atoms with Crippen LogP contribution in [-0.4, -0.2) is 24.1 Å². The van der Waals surface area contributed by atoms with Gasteiger partial charge in [-0.15, -0.1) is 0 Å². The molecule has 0 fully saturated rings. The van der Waals surface area contributed by atoms with Crippen molar-refractivity contribution in [2.75, 3.05) is 13.6 Å². The maximum absolute atomic E-state index is 11.6. The Balaban J connectivity index is 2.55. The van der Waals surface area contributed by atoms with E-state index in [1.54, 1.807) is 0 Å². The van der Waals surface area contributed by atoms with Crippen LogP contribution in [0.5, 0.6) is 0 Å². The van der Waals surface area contributed by atoms with Crippen LogP contribution in [0, 0.1) is 17.2 Å². The van der Waals surface area contributed by atoms with Crippen LogP contribution in [0.4, 0.5) is 0 Å². The van der Waals surface area contributed by atoms with Gasteiger partial charge in [0.15, 0.2) is 0 Å². The summed E-state index contributed by atoms with van der Waals surface area (Å²) in [6, 6.07) is 4.32. The molecule has 1 heterocycles. The second kappa shape index (κ2) is 7.59. The molecule has 0 radical (unpaired) electrons. The van der Waals surface area contributed by atoms with Gasteiger partial charge in [0, 0.05) is 25.0 Å². The highest BCUT2D eigenvalue weighted by Gasteiger charge is 2.14. The van der Waals surface area contributed by atoms with Crippen molar-refractivity contribution in [2.24, 2.45) is 5.92 Å².